The molecular weight excluding hydrogens is 312 g/mol. The Balaban J connectivity index is 1.44. The molecule has 1 aromatic carbocycles. The van der Waals surface area contributed by atoms with Crippen LogP contribution in [-0.2, 0) is 13.6 Å². The van der Waals surface area contributed by atoms with E-state index in [1.165, 1.54) is 29.5 Å². The van der Waals surface area contributed by atoms with Gasteiger partial charge in [0.15, 0.2) is 0 Å². The van der Waals surface area contributed by atoms with Crippen molar-refractivity contribution in [2.45, 2.75) is 25.4 Å². The van der Waals surface area contributed by atoms with Crippen molar-refractivity contribution in [1.82, 2.24) is 19.8 Å². The van der Waals surface area contributed by atoms with Crippen LogP contribution < -0.4 is 5.32 Å². The summed E-state index contributed by atoms with van der Waals surface area (Å²) in [5.41, 5.74) is 3.50. The number of nitrogens with zero attached hydrogens (tertiary/aromatic N) is 3. The number of aromatic nitrogens is 2. The zero-order valence-electron chi connectivity index (χ0n) is 15.0. The fourth-order valence-electron chi connectivity index (χ4n) is 4.16. The van der Waals surface area contributed by atoms with Gasteiger partial charge >= 0.3 is 0 Å². The summed E-state index contributed by atoms with van der Waals surface area (Å²) >= 11 is 0. The normalized spacial score (nSPS) is 21.8. The number of rotatable bonds is 5. The highest BCUT2D eigenvalue weighted by atomic mass is 16.3. The predicted octanol–water partition coefficient (Wildman–Crippen LogP) is 3.34. The highest BCUT2D eigenvalue weighted by Gasteiger charge is 2.31. The molecule has 1 N–H and O–H groups in total. The van der Waals surface area contributed by atoms with Crippen molar-refractivity contribution in [2.75, 3.05) is 20.1 Å². The highest BCUT2D eigenvalue weighted by molar-refractivity contribution is 5.80. The van der Waals surface area contributed by atoms with E-state index in [2.05, 4.69) is 46.0 Å². The molecule has 0 bridgehead atoms. The lowest BCUT2D eigenvalue weighted by molar-refractivity contribution is 0.113. The molecule has 3 aromatic rings. The van der Waals surface area contributed by atoms with Crippen LogP contribution in [0.5, 0.6) is 0 Å². The van der Waals surface area contributed by atoms with Crippen molar-refractivity contribution in [2.24, 2.45) is 13.0 Å². The number of benzene rings is 1. The highest BCUT2D eigenvalue weighted by Crippen LogP contribution is 2.34. The van der Waals surface area contributed by atoms with Crippen LogP contribution in [0.4, 0.5) is 0 Å². The third-order valence-corrected chi connectivity index (χ3v) is 5.45. The molecule has 0 saturated carbocycles. The van der Waals surface area contributed by atoms with Crippen molar-refractivity contribution in [3.63, 3.8) is 0 Å². The molecule has 0 amide bonds. The van der Waals surface area contributed by atoms with Gasteiger partial charge in [0.2, 0.25) is 0 Å². The summed E-state index contributed by atoms with van der Waals surface area (Å²) in [6.45, 7) is 2.99. The van der Waals surface area contributed by atoms with Crippen LogP contribution in [0.25, 0.3) is 11.0 Å². The van der Waals surface area contributed by atoms with E-state index in [1.54, 1.807) is 0 Å². The second-order valence-corrected chi connectivity index (χ2v) is 7.15. The minimum atomic E-state index is 0.426. The summed E-state index contributed by atoms with van der Waals surface area (Å²) in [6.07, 6.45) is 8.30. The van der Waals surface area contributed by atoms with E-state index < -0.39 is 0 Å². The van der Waals surface area contributed by atoms with Crippen molar-refractivity contribution in [3.05, 3.63) is 54.3 Å². The minimum Gasteiger partial charge on any atom is -0.464 e. The Labute approximate surface area is 148 Å². The van der Waals surface area contributed by atoms with Crippen LogP contribution in [0.15, 0.2) is 47.5 Å². The first-order valence-electron chi connectivity index (χ1n) is 9.06. The van der Waals surface area contributed by atoms with Gasteiger partial charge in [-0.25, -0.2) is 4.98 Å². The number of aryl methyl sites for hydroxylation is 1. The van der Waals surface area contributed by atoms with E-state index in [0.717, 1.165) is 25.2 Å². The lowest BCUT2D eigenvalue weighted by Gasteiger charge is -2.39. The second kappa shape index (κ2) is 7.02. The molecule has 1 saturated heterocycles. The Bertz CT molecular complexity index is 837. The van der Waals surface area contributed by atoms with Crippen LogP contribution in [0.1, 0.15) is 30.1 Å². The van der Waals surface area contributed by atoms with Crippen molar-refractivity contribution in [3.8, 4) is 0 Å². The zero-order chi connectivity index (χ0) is 17.2. The molecule has 5 heteroatoms. The summed E-state index contributed by atoms with van der Waals surface area (Å²) in [5, 5.41) is 4.87. The fourth-order valence-corrected chi connectivity index (χ4v) is 4.16. The molecule has 2 aromatic heterocycles. The van der Waals surface area contributed by atoms with E-state index >= 15 is 0 Å². The molecule has 0 aliphatic carbocycles. The van der Waals surface area contributed by atoms with Crippen LogP contribution in [0.2, 0.25) is 0 Å². The van der Waals surface area contributed by atoms with Crippen molar-refractivity contribution < 1.29 is 4.42 Å². The van der Waals surface area contributed by atoms with Crippen LogP contribution >= 0.6 is 0 Å². The van der Waals surface area contributed by atoms with Crippen molar-refractivity contribution in [1.29, 1.82) is 0 Å². The minimum absolute atomic E-state index is 0.426. The van der Waals surface area contributed by atoms with E-state index in [4.69, 9.17) is 4.42 Å². The summed E-state index contributed by atoms with van der Waals surface area (Å²) in [6, 6.07) is 8.65. The summed E-state index contributed by atoms with van der Waals surface area (Å²) in [4.78, 5) is 6.80. The smallest absolute Gasteiger partial charge is 0.134 e. The molecule has 132 valence electrons. The third kappa shape index (κ3) is 3.22. The quantitative estimate of drug-likeness (QED) is 0.775. The number of nitrogens with one attached hydrogen (secondary N) is 1. The molecule has 1 aliphatic heterocycles. The SMILES string of the molecule is CN1CCC[C@@H](CNCc2coc3ccccc23)[C@@H]1c1cncn1C. The molecule has 2 atom stereocenters. The standard InChI is InChI=1S/C20H26N4O/c1-23-9-5-6-15(20(23)18-12-22-14-24(18)2)10-21-11-16-13-25-19-8-4-3-7-17(16)19/h3-4,7-8,12-15,20-21H,5-6,9-11H2,1-2H3/t15-,20+/m0/s1. The molecule has 0 spiro atoms. The number of fused-ring (bicyclic) bond motifs is 1. The molecule has 4 rings (SSSR count). The maximum atomic E-state index is 5.64. The van der Waals surface area contributed by atoms with Gasteiger partial charge in [0.25, 0.3) is 0 Å². The molecule has 1 fully saturated rings. The fraction of sp³-hybridized carbons (Fsp3) is 0.450. The van der Waals surface area contributed by atoms with Gasteiger partial charge in [0.05, 0.1) is 24.3 Å². The molecule has 3 heterocycles. The van der Waals surface area contributed by atoms with Gasteiger partial charge < -0.3 is 14.3 Å². The van der Waals surface area contributed by atoms with E-state index in [9.17, 15) is 0 Å². The first-order chi connectivity index (χ1) is 12.2. The van der Waals surface area contributed by atoms with Gasteiger partial charge in [-0.1, -0.05) is 18.2 Å². The maximum absolute atomic E-state index is 5.64. The third-order valence-electron chi connectivity index (χ3n) is 5.45. The summed E-state index contributed by atoms with van der Waals surface area (Å²) < 4.78 is 7.80. The molecule has 25 heavy (non-hydrogen) atoms. The first-order valence-corrected chi connectivity index (χ1v) is 9.06. The Kier molecular flexibility index (Phi) is 4.59. The molecule has 1 aliphatic rings. The van der Waals surface area contributed by atoms with Gasteiger partial charge in [-0.2, -0.15) is 0 Å². The van der Waals surface area contributed by atoms with Gasteiger partial charge in [-0.05, 0) is 38.4 Å². The average Bonchev–Trinajstić information content (AvgIpc) is 3.22. The zero-order valence-corrected chi connectivity index (χ0v) is 15.0. The van der Waals surface area contributed by atoms with Gasteiger partial charge in [-0.3, -0.25) is 4.90 Å². The van der Waals surface area contributed by atoms with E-state index in [-0.39, 0.29) is 0 Å². The molecular formula is C20H26N4O. The molecule has 5 nitrogen and oxygen atoms in total. The van der Waals surface area contributed by atoms with Crippen LogP contribution in [-0.4, -0.2) is 34.6 Å². The number of para-hydroxylation sites is 1. The van der Waals surface area contributed by atoms with Gasteiger partial charge in [0.1, 0.15) is 5.58 Å². The number of hydrogen-bond donors (Lipinski definition) is 1. The molecule has 0 unspecified atom stereocenters. The maximum Gasteiger partial charge on any atom is 0.134 e. The van der Waals surface area contributed by atoms with Crippen LogP contribution in [0.3, 0.4) is 0 Å². The Morgan fingerprint density at radius 3 is 3.00 bits per heavy atom. The van der Waals surface area contributed by atoms with Crippen LogP contribution in [0, 0.1) is 5.92 Å². The topological polar surface area (TPSA) is 46.2 Å². The predicted molar refractivity (Wildman–Crippen MR) is 99.2 cm³/mol. The number of imidazole rings is 1. The number of likely N-dealkylation sites (tertiary alicyclic amines) is 1. The van der Waals surface area contributed by atoms with E-state index in [1.807, 2.05) is 30.9 Å². The van der Waals surface area contributed by atoms with E-state index in [0.29, 0.717) is 12.0 Å². The monoisotopic (exact) mass is 338 g/mol. The van der Waals surface area contributed by atoms with Gasteiger partial charge in [0, 0.05) is 37.3 Å². The first kappa shape index (κ1) is 16.4. The lowest BCUT2D eigenvalue weighted by atomic mass is 9.87. The molecule has 0 radical (unpaired) electrons. The number of piperidine rings is 1. The summed E-state index contributed by atoms with van der Waals surface area (Å²) in [5.74, 6) is 0.590. The number of furan rings is 1. The second-order valence-electron chi connectivity index (χ2n) is 7.15. The Morgan fingerprint density at radius 1 is 1.28 bits per heavy atom. The number of hydrogen-bond acceptors (Lipinski definition) is 4. The Morgan fingerprint density at radius 2 is 2.16 bits per heavy atom. The van der Waals surface area contributed by atoms with Gasteiger partial charge in [-0.15, -0.1) is 0 Å². The Hall–Kier alpha value is -2.11. The average molecular weight is 338 g/mol. The largest absolute Gasteiger partial charge is 0.464 e. The van der Waals surface area contributed by atoms with Crippen molar-refractivity contribution >= 4 is 11.0 Å². The lowest BCUT2D eigenvalue weighted by Crippen LogP contribution is -2.41. The summed E-state index contributed by atoms with van der Waals surface area (Å²) in [7, 11) is 4.32.